The van der Waals surface area contributed by atoms with Gasteiger partial charge in [0.15, 0.2) is 0 Å². The third-order valence-electron chi connectivity index (χ3n) is 1.63. The maximum absolute atomic E-state index is 12.0. The van der Waals surface area contributed by atoms with E-state index in [1.807, 2.05) is 0 Å². The van der Waals surface area contributed by atoms with E-state index in [0.717, 1.165) is 0 Å². The molecule has 0 heterocycles. The van der Waals surface area contributed by atoms with Gasteiger partial charge in [-0.05, 0) is 0 Å². The third-order valence-corrected chi connectivity index (χ3v) is 1.63. The zero-order chi connectivity index (χ0) is 11.9. The van der Waals surface area contributed by atoms with Crippen LogP contribution in [0.15, 0.2) is 18.2 Å². The van der Waals surface area contributed by atoms with Crippen molar-refractivity contribution in [2.45, 2.75) is 12.4 Å². The Bertz CT molecular complexity index is 343. The topological polar surface area (TPSA) is 23.1 Å². The van der Waals surface area contributed by atoms with Gasteiger partial charge in [-0.15, -0.1) is 0 Å². The average Bonchev–Trinajstić information content (AvgIpc) is 1.99. The molecule has 0 bridgehead atoms. The van der Waals surface area contributed by atoms with Crippen molar-refractivity contribution < 1.29 is 48.4 Å². The van der Waals surface area contributed by atoms with Gasteiger partial charge in [0.1, 0.15) is 0 Å². The van der Waals surface area contributed by atoms with Gasteiger partial charge >= 0.3 is 35.4 Å². The second-order valence-electron chi connectivity index (χ2n) is 2.68. The van der Waals surface area contributed by atoms with E-state index in [4.69, 9.17) is 0 Å². The van der Waals surface area contributed by atoms with Crippen molar-refractivity contribution in [2.24, 2.45) is 0 Å². The number of hydrogen-bond acceptors (Lipinski definition) is 1. The molecule has 0 unspecified atom stereocenters. The standard InChI is InChI=1S/C8H4F6O.BrH.Mg/c9-7(10,11)4-2-1-3-5(6(4)15)8(12,13)14;;/h1-3,15H;1H;/q;;+2/p-2. The van der Waals surface area contributed by atoms with E-state index < -0.39 is 29.2 Å². The van der Waals surface area contributed by atoms with Gasteiger partial charge in [0.2, 0.25) is 0 Å². The van der Waals surface area contributed by atoms with Crippen molar-refractivity contribution >= 4 is 23.1 Å². The average molecular weight is 333 g/mol. The van der Waals surface area contributed by atoms with Crippen LogP contribution in [-0.2, 0) is 12.4 Å². The fourth-order valence-corrected chi connectivity index (χ4v) is 0.983. The molecule has 0 N–H and O–H groups in total. The summed E-state index contributed by atoms with van der Waals surface area (Å²) in [6.07, 6.45) is -10.1. The molecule has 1 nitrogen and oxygen atoms in total. The summed E-state index contributed by atoms with van der Waals surface area (Å²) >= 11 is 0. The van der Waals surface area contributed by atoms with Crippen LogP contribution in [0.5, 0.6) is 5.75 Å². The molecular formula is C8H3BrF6MgO. The van der Waals surface area contributed by atoms with Crippen LogP contribution in [0.4, 0.5) is 26.3 Å². The predicted octanol–water partition coefficient (Wildman–Crippen LogP) is -0.579. The molecular weight excluding hydrogens is 330 g/mol. The molecule has 0 aliphatic carbocycles. The summed E-state index contributed by atoms with van der Waals surface area (Å²) < 4.78 is 72.3. The first-order chi connectivity index (χ1) is 6.64. The molecule has 0 atom stereocenters. The van der Waals surface area contributed by atoms with Crippen molar-refractivity contribution in [2.75, 3.05) is 0 Å². The normalized spacial score (nSPS) is 11.4. The largest absolute Gasteiger partial charge is 2.00 e. The summed E-state index contributed by atoms with van der Waals surface area (Å²) in [5, 5.41) is 10.8. The molecule has 1 aromatic carbocycles. The minimum absolute atomic E-state index is 0. The number of hydrogen-bond donors (Lipinski definition) is 0. The monoisotopic (exact) mass is 332 g/mol. The summed E-state index contributed by atoms with van der Waals surface area (Å²) in [5.41, 5.74) is -3.62. The van der Waals surface area contributed by atoms with E-state index in [-0.39, 0.29) is 40.0 Å². The van der Waals surface area contributed by atoms with Crippen molar-refractivity contribution in [3.63, 3.8) is 0 Å². The molecule has 0 saturated carbocycles. The van der Waals surface area contributed by atoms with Crippen LogP contribution in [0.25, 0.3) is 0 Å². The van der Waals surface area contributed by atoms with E-state index in [2.05, 4.69) is 0 Å². The molecule has 0 saturated heterocycles. The molecule has 0 amide bonds. The Morgan fingerprint density at radius 2 is 1.12 bits per heavy atom. The summed E-state index contributed by atoms with van der Waals surface area (Å²) in [4.78, 5) is 0. The fraction of sp³-hybridized carbons (Fsp3) is 0.250. The predicted molar refractivity (Wildman–Crippen MR) is 41.6 cm³/mol. The molecule has 9 heteroatoms. The molecule has 1 rings (SSSR count). The van der Waals surface area contributed by atoms with Gasteiger partial charge in [0.05, 0.1) is 0 Å². The van der Waals surface area contributed by atoms with E-state index in [0.29, 0.717) is 18.2 Å². The van der Waals surface area contributed by atoms with Crippen LogP contribution < -0.4 is 22.1 Å². The summed E-state index contributed by atoms with van der Waals surface area (Å²) in [6.45, 7) is 0. The van der Waals surface area contributed by atoms with Crippen molar-refractivity contribution in [3.8, 4) is 5.75 Å². The van der Waals surface area contributed by atoms with Crippen LogP contribution >= 0.6 is 0 Å². The minimum atomic E-state index is -5.07. The van der Waals surface area contributed by atoms with Crippen LogP contribution in [0.1, 0.15) is 11.1 Å². The van der Waals surface area contributed by atoms with E-state index >= 15 is 0 Å². The smallest absolute Gasteiger partial charge is 1.00 e. The molecule has 1 aromatic rings. The zero-order valence-corrected chi connectivity index (χ0v) is 11.0. The van der Waals surface area contributed by atoms with Crippen LogP contribution in [0.3, 0.4) is 0 Å². The fourth-order valence-electron chi connectivity index (χ4n) is 0.983. The Balaban J connectivity index is 0. The zero-order valence-electron chi connectivity index (χ0n) is 7.99. The number of para-hydroxylation sites is 1. The number of rotatable bonds is 0. The minimum Gasteiger partial charge on any atom is -1.00 e. The summed E-state index contributed by atoms with van der Waals surface area (Å²) in [7, 11) is 0. The van der Waals surface area contributed by atoms with Crippen molar-refractivity contribution in [1.29, 1.82) is 0 Å². The van der Waals surface area contributed by atoms with Gasteiger partial charge in [-0.1, -0.05) is 23.9 Å². The van der Waals surface area contributed by atoms with Crippen molar-refractivity contribution in [1.82, 2.24) is 0 Å². The Hall–Kier alpha value is -0.154. The second kappa shape index (κ2) is 6.14. The quantitative estimate of drug-likeness (QED) is 0.460. The van der Waals surface area contributed by atoms with Gasteiger partial charge in [-0.2, -0.15) is 26.3 Å². The summed E-state index contributed by atoms with van der Waals surface area (Å²) in [6, 6.07) is 1.18. The Kier molecular flexibility index (Phi) is 6.93. The van der Waals surface area contributed by atoms with Crippen LogP contribution in [-0.4, -0.2) is 23.1 Å². The third kappa shape index (κ3) is 4.55. The maximum Gasteiger partial charge on any atom is 2.00 e. The first kappa shape index (κ1) is 19.2. The number of alkyl halides is 6. The SMILES string of the molecule is [Br-].[Mg+2].[O-]c1c(C(F)(F)F)cccc1C(F)(F)F. The van der Waals surface area contributed by atoms with Crippen molar-refractivity contribution in [3.05, 3.63) is 29.3 Å². The molecule has 0 radical (unpaired) electrons. The first-order valence-electron chi connectivity index (χ1n) is 3.58. The molecule has 0 aliphatic rings. The Labute approximate surface area is 119 Å². The Morgan fingerprint density at radius 1 is 0.824 bits per heavy atom. The molecule has 17 heavy (non-hydrogen) atoms. The number of halogens is 7. The molecule has 0 fully saturated rings. The number of benzene rings is 1. The van der Waals surface area contributed by atoms with Gasteiger partial charge in [0, 0.05) is 11.1 Å². The van der Waals surface area contributed by atoms with Crippen LogP contribution in [0.2, 0.25) is 0 Å². The van der Waals surface area contributed by atoms with E-state index in [1.165, 1.54) is 0 Å². The van der Waals surface area contributed by atoms with Gasteiger partial charge in [-0.25, -0.2) is 0 Å². The molecule has 0 aliphatic heterocycles. The second-order valence-corrected chi connectivity index (χ2v) is 2.68. The van der Waals surface area contributed by atoms with Gasteiger partial charge in [0.25, 0.3) is 0 Å². The van der Waals surface area contributed by atoms with E-state index in [9.17, 15) is 31.4 Å². The van der Waals surface area contributed by atoms with Gasteiger partial charge in [-0.3, -0.25) is 0 Å². The molecule has 0 spiro atoms. The first-order valence-corrected chi connectivity index (χ1v) is 3.58. The van der Waals surface area contributed by atoms with Crippen LogP contribution in [0, 0.1) is 0 Å². The van der Waals surface area contributed by atoms with Gasteiger partial charge < -0.3 is 22.1 Å². The molecule has 0 aromatic heterocycles. The maximum atomic E-state index is 12.0. The van der Waals surface area contributed by atoms with E-state index in [1.54, 1.807) is 0 Å². The Morgan fingerprint density at radius 3 is 1.35 bits per heavy atom. The molecule has 92 valence electrons. The summed E-state index contributed by atoms with van der Waals surface area (Å²) in [5.74, 6) is -2.04.